The Balaban J connectivity index is 2.58. The Morgan fingerprint density at radius 1 is 0.949 bits per heavy atom. The van der Waals surface area contributed by atoms with E-state index < -0.39 is 53.5 Å². The van der Waals surface area contributed by atoms with E-state index in [1.165, 1.54) is 4.90 Å². The Hall–Kier alpha value is -4.08. The molecule has 0 fully saturated rings. The van der Waals surface area contributed by atoms with Gasteiger partial charge in [-0.25, -0.2) is 4.79 Å². The van der Waals surface area contributed by atoms with Crippen LogP contribution >= 0.6 is 0 Å². The van der Waals surface area contributed by atoms with E-state index in [0.29, 0.717) is 23.4 Å². The molecule has 0 aliphatic carbocycles. The summed E-state index contributed by atoms with van der Waals surface area (Å²) >= 11 is 0. The van der Waals surface area contributed by atoms with Gasteiger partial charge < -0.3 is 30.7 Å². The maximum Gasteiger partial charge on any atom is 0.408 e. The minimum absolute atomic E-state index is 0.466. The van der Waals surface area contributed by atoms with Crippen LogP contribution in [0, 0.1) is 0 Å². The number of nitrogens with zero attached hydrogens (tertiary/aromatic N) is 1. The lowest BCUT2D eigenvalue weighted by molar-refractivity contribution is -0.148. The second-order valence-electron chi connectivity index (χ2n) is 10.8. The Bertz CT molecular complexity index is 1140. The molecule has 0 aliphatic rings. The Kier molecular flexibility index (Phi) is 10.5. The van der Waals surface area contributed by atoms with Gasteiger partial charge in [0.1, 0.15) is 23.4 Å². The van der Waals surface area contributed by atoms with Gasteiger partial charge in [0, 0.05) is 11.2 Å². The number of benzene rings is 2. The SMILES string of the molecule is CCC(C)(C)N(C(=O)C(CC(N)=O)NC(=O)OC(C)(C)C)C(C(=O)Nc1ccc(OC)cc1)c1ccccc1. The van der Waals surface area contributed by atoms with E-state index in [1.54, 1.807) is 82.5 Å². The van der Waals surface area contributed by atoms with Crippen molar-refractivity contribution in [1.29, 1.82) is 0 Å². The Morgan fingerprint density at radius 3 is 2.03 bits per heavy atom. The molecule has 212 valence electrons. The first kappa shape index (κ1) is 31.1. The molecule has 2 unspecified atom stereocenters. The molecule has 10 nitrogen and oxygen atoms in total. The number of primary amides is 1. The molecule has 0 radical (unpaired) electrons. The number of hydrogen-bond donors (Lipinski definition) is 3. The average Bonchev–Trinajstić information content (AvgIpc) is 2.85. The maximum absolute atomic E-state index is 14.2. The topological polar surface area (TPSA) is 140 Å². The summed E-state index contributed by atoms with van der Waals surface area (Å²) in [6.07, 6.45) is -0.890. The van der Waals surface area contributed by atoms with Gasteiger partial charge >= 0.3 is 6.09 Å². The molecule has 0 aromatic heterocycles. The van der Waals surface area contributed by atoms with Crippen molar-refractivity contribution in [1.82, 2.24) is 10.2 Å². The molecule has 4 N–H and O–H groups in total. The summed E-state index contributed by atoms with van der Waals surface area (Å²) in [5.74, 6) is -1.29. The van der Waals surface area contributed by atoms with Gasteiger partial charge in [0.05, 0.1) is 13.5 Å². The predicted molar refractivity (Wildman–Crippen MR) is 149 cm³/mol. The summed E-state index contributed by atoms with van der Waals surface area (Å²) in [6.45, 7) is 10.6. The third-order valence-electron chi connectivity index (χ3n) is 6.13. The van der Waals surface area contributed by atoms with Crippen molar-refractivity contribution in [2.45, 2.75) is 77.6 Å². The Labute approximate surface area is 230 Å². The molecule has 0 bridgehead atoms. The van der Waals surface area contributed by atoms with Crippen molar-refractivity contribution in [2.75, 3.05) is 12.4 Å². The number of methoxy groups -OCH3 is 1. The third kappa shape index (κ3) is 9.01. The van der Waals surface area contributed by atoms with Crippen LogP contribution in [-0.2, 0) is 19.1 Å². The fourth-order valence-electron chi connectivity index (χ4n) is 3.90. The fraction of sp³-hybridized carbons (Fsp3) is 0.448. The summed E-state index contributed by atoms with van der Waals surface area (Å²) in [4.78, 5) is 54.1. The largest absolute Gasteiger partial charge is 0.497 e. The first-order valence-electron chi connectivity index (χ1n) is 12.8. The van der Waals surface area contributed by atoms with Crippen molar-refractivity contribution < 1.29 is 28.7 Å². The van der Waals surface area contributed by atoms with Crippen LogP contribution in [0.2, 0.25) is 0 Å². The quantitative estimate of drug-likeness (QED) is 0.391. The number of alkyl carbamates (subject to hydrolysis) is 1. The molecular formula is C29H40N4O6. The van der Waals surface area contributed by atoms with Crippen LogP contribution in [0.5, 0.6) is 5.75 Å². The molecule has 0 saturated heterocycles. The first-order chi connectivity index (χ1) is 18.2. The lowest BCUT2D eigenvalue weighted by atomic mass is 9.91. The zero-order chi connectivity index (χ0) is 29.4. The number of ether oxygens (including phenoxy) is 2. The Morgan fingerprint density at radius 2 is 1.54 bits per heavy atom. The van der Waals surface area contributed by atoms with Crippen molar-refractivity contribution in [2.24, 2.45) is 5.73 Å². The van der Waals surface area contributed by atoms with E-state index in [2.05, 4.69) is 10.6 Å². The summed E-state index contributed by atoms with van der Waals surface area (Å²) in [6, 6.07) is 13.2. The van der Waals surface area contributed by atoms with Crippen LogP contribution in [-0.4, -0.2) is 53.0 Å². The van der Waals surface area contributed by atoms with E-state index in [1.807, 2.05) is 20.8 Å². The number of anilines is 1. The van der Waals surface area contributed by atoms with E-state index in [9.17, 15) is 19.2 Å². The number of nitrogens with one attached hydrogen (secondary N) is 2. The van der Waals surface area contributed by atoms with E-state index in [4.69, 9.17) is 15.2 Å². The van der Waals surface area contributed by atoms with Crippen LogP contribution in [0.25, 0.3) is 0 Å². The van der Waals surface area contributed by atoms with Crippen LogP contribution in [0.15, 0.2) is 54.6 Å². The highest BCUT2D eigenvalue weighted by Crippen LogP contribution is 2.33. The second-order valence-corrected chi connectivity index (χ2v) is 10.8. The zero-order valence-corrected chi connectivity index (χ0v) is 23.7. The molecule has 2 aromatic carbocycles. The summed E-state index contributed by atoms with van der Waals surface area (Å²) in [7, 11) is 1.54. The lowest BCUT2D eigenvalue weighted by Crippen LogP contribution is -2.59. The molecule has 2 aromatic rings. The first-order valence-corrected chi connectivity index (χ1v) is 12.8. The smallest absolute Gasteiger partial charge is 0.408 e. The van der Waals surface area contributed by atoms with Crippen LogP contribution in [0.4, 0.5) is 10.5 Å². The normalized spacial score (nSPS) is 13.0. The third-order valence-corrected chi connectivity index (χ3v) is 6.13. The predicted octanol–water partition coefficient (Wildman–Crippen LogP) is 4.16. The van der Waals surface area contributed by atoms with Gasteiger partial charge in [0.2, 0.25) is 11.8 Å². The summed E-state index contributed by atoms with van der Waals surface area (Å²) in [5, 5.41) is 5.37. The van der Waals surface area contributed by atoms with Crippen LogP contribution < -0.4 is 21.1 Å². The minimum Gasteiger partial charge on any atom is -0.497 e. The molecule has 0 saturated carbocycles. The highest BCUT2D eigenvalue weighted by Gasteiger charge is 2.43. The lowest BCUT2D eigenvalue weighted by Gasteiger charge is -2.44. The van der Waals surface area contributed by atoms with Gasteiger partial charge in [0.15, 0.2) is 0 Å². The van der Waals surface area contributed by atoms with Gasteiger partial charge in [-0.2, -0.15) is 0 Å². The highest BCUT2D eigenvalue weighted by molar-refractivity contribution is 6.00. The van der Waals surface area contributed by atoms with E-state index in [-0.39, 0.29) is 0 Å². The van der Waals surface area contributed by atoms with Gasteiger partial charge in [-0.05, 0) is 70.9 Å². The molecule has 2 rings (SSSR count). The molecule has 10 heteroatoms. The molecule has 4 amide bonds. The van der Waals surface area contributed by atoms with Crippen LogP contribution in [0.1, 0.15) is 66.0 Å². The van der Waals surface area contributed by atoms with E-state index >= 15 is 0 Å². The fourth-order valence-corrected chi connectivity index (χ4v) is 3.90. The maximum atomic E-state index is 14.2. The summed E-state index contributed by atoms with van der Waals surface area (Å²) in [5.41, 5.74) is 4.80. The van der Waals surface area contributed by atoms with Gasteiger partial charge in [-0.3, -0.25) is 14.4 Å². The molecular weight excluding hydrogens is 500 g/mol. The zero-order valence-electron chi connectivity index (χ0n) is 23.7. The standard InChI is InChI=1S/C29H40N4O6/c1-8-29(5,6)33(26(36)22(18-23(30)34)32-27(37)39-28(2,3)4)24(19-12-10-9-11-13-19)25(35)31-20-14-16-21(38-7)17-15-20/h9-17,22,24H,8,18H2,1-7H3,(H2,30,34)(H,31,35)(H,32,37). The van der Waals surface area contributed by atoms with Crippen molar-refractivity contribution in [3.63, 3.8) is 0 Å². The van der Waals surface area contributed by atoms with Crippen molar-refractivity contribution in [3.8, 4) is 5.75 Å². The molecule has 0 aliphatic heterocycles. The van der Waals surface area contributed by atoms with Gasteiger partial charge in [-0.15, -0.1) is 0 Å². The summed E-state index contributed by atoms with van der Waals surface area (Å²) < 4.78 is 10.5. The van der Waals surface area contributed by atoms with Gasteiger partial charge in [-0.1, -0.05) is 37.3 Å². The second kappa shape index (κ2) is 13.1. The number of hydrogen-bond acceptors (Lipinski definition) is 6. The average molecular weight is 541 g/mol. The number of carbonyl (C=O) groups is 4. The van der Waals surface area contributed by atoms with E-state index in [0.717, 1.165) is 0 Å². The van der Waals surface area contributed by atoms with Crippen molar-refractivity contribution >= 4 is 29.5 Å². The number of carbonyl (C=O) groups excluding carboxylic acids is 4. The number of amides is 4. The number of rotatable bonds is 11. The highest BCUT2D eigenvalue weighted by atomic mass is 16.6. The minimum atomic E-state index is -1.36. The molecule has 2 atom stereocenters. The molecule has 0 heterocycles. The molecule has 39 heavy (non-hydrogen) atoms. The van der Waals surface area contributed by atoms with Crippen LogP contribution in [0.3, 0.4) is 0 Å². The van der Waals surface area contributed by atoms with Crippen molar-refractivity contribution in [3.05, 3.63) is 60.2 Å². The number of nitrogens with two attached hydrogens (primary N) is 1. The van der Waals surface area contributed by atoms with Gasteiger partial charge in [0.25, 0.3) is 5.91 Å². The monoisotopic (exact) mass is 540 g/mol. The molecule has 0 spiro atoms.